The molecule has 0 bridgehead atoms. The molecular formula is C21H20ClNO4. The van der Waals surface area contributed by atoms with E-state index < -0.39 is 5.97 Å². The fraction of sp³-hybridized carbons (Fsp3) is 0.238. The number of benzene rings is 2. The van der Waals surface area contributed by atoms with E-state index in [4.69, 9.17) is 21.1 Å². The molecule has 0 aliphatic carbocycles. The number of fused-ring (bicyclic) bond motifs is 1. The molecule has 27 heavy (non-hydrogen) atoms. The van der Waals surface area contributed by atoms with E-state index in [1.807, 2.05) is 37.3 Å². The largest absolute Gasteiger partial charge is 0.488 e. The first-order valence-corrected chi connectivity index (χ1v) is 9.06. The number of rotatable bonds is 6. The van der Waals surface area contributed by atoms with Gasteiger partial charge in [0.05, 0.1) is 5.57 Å². The molecule has 1 aliphatic rings. The maximum atomic E-state index is 12.4. The Kier molecular flexibility index (Phi) is 6.14. The first-order valence-electron chi connectivity index (χ1n) is 8.68. The lowest BCUT2D eigenvalue weighted by Gasteiger charge is -2.21. The predicted octanol–water partition coefficient (Wildman–Crippen LogP) is 3.71. The maximum absolute atomic E-state index is 12.4. The lowest BCUT2D eigenvalue weighted by Crippen LogP contribution is -2.34. The Labute approximate surface area is 163 Å². The maximum Gasteiger partial charge on any atom is 0.338 e. The minimum atomic E-state index is -0.565. The lowest BCUT2D eigenvalue weighted by atomic mass is 10.1. The normalized spacial score (nSPS) is 12.4. The van der Waals surface area contributed by atoms with Crippen molar-refractivity contribution in [3.05, 3.63) is 70.3 Å². The SMILES string of the molecule is CCN(Cc1ccccc1)C(=O)COC(=O)C1=Cc2cc(Cl)ccc2OC1. The molecular weight excluding hydrogens is 366 g/mol. The van der Waals surface area contributed by atoms with E-state index in [0.29, 0.717) is 35.0 Å². The van der Waals surface area contributed by atoms with Gasteiger partial charge >= 0.3 is 5.97 Å². The van der Waals surface area contributed by atoms with Crippen LogP contribution in [0.25, 0.3) is 6.08 Å². The third-order valence-corrected chi connectivity index (χ3v) is 4.46. The summed E-state index contributed by atoms with van der Waals surface area (Å²) in [4.78, 5) is 26.3. The van der Waals surface area contributed by atoms with Gasteiger partial charge in [0, 0.05) is 23.7 Å². The lowest BCUT2D eigenvalue weighted by molar-refractivity contribution is -0.149. The first-order chi connectivity index (χ1) is 13.1. The first kappa shape index (κ1) is 19.0. The molecule has 0 N–H and O–H groups in total. The molecule has 2 aromatic carbocycles. The average molecular weight is 386 g/mol. The molecule has 5 nitrogen and oxygen atoms in total. The van der Waals surface area contributed by atoms with E-state index in [2.05, 4.69) is 0 Å². The van der Waals surface area contributed by atoms with Crippen LogP contribution in [0.4, 0.5) is 0 Å². The van der Waals surface area contributed by atoms with E-state index in [1.54, 1.807) is 29.2 Å². The summed E-state index contributed by atoms with van der Waals surface area (Å²) in [6.45, 7) is 2.69. The zero-order valence-electron chi connectivity index (χ0n) is 15.0. The summed E-state index contributed by atoms with van der Waals surface area (Å²) in [5.41, 5.74) is 2.09. The van der Waals surface area contributed by atoms with Crippen molar-refractivity contribution in [3.8, 4) is 5.75 Å². The van der Waals surface area contributed by atoms with Gasteiger partial charge in [0.25, 0.3) is 5.91 Å². The van der Waals surface area contributed by atoms with Gasteiger partial charge in [-0.25, -0.2) is 4.79 Å². The molecule has 6 heteroatoms. The Balaban J connectivity index is 1.59. The van der Waals surface area contributed by atoms with E-state index in [9.17, 15) is 9.59 Å². The molecule has 0 spiro atoms. The standard InChI is InChI=1S/C21H20ClNO4/c1-2-23(12-15-6-4-3-5-7-15)20(24)14-27-21(25)17-10-16-11-18(22)8-9-19(16)26-13-17/h3-11H,2,12-14H2,1H3. The summed E-state index contributed by atoms with van der Waals surface area (Å²) < 4.78 is 10.7. The van der Waals surface area contributed by atoms with Crippen molar-refractivity contribution >= 4 is 29.6 Å². The van der Waals surface area contributed by atoms with E-state index >= 15 is 0 Å². The van der Waals surface area contributed by atoms with Crippen LogP contribution in [-0.2, 0) is 20.9 Å². The van der Waals surface area contributed by atoms with E-state index in [1.165, 1.54) is 0 Å². The van der Waals surface area contributed by atoms with Gasteiger partial charge in [-0.1, -0.05) is 41.9 Å². The van der Waals surface area contributed by atoms with E-state index in [-0.39, 0.29) is 19.1 Å². The van der Waals surface area contributed by atoms with Crippen molar-refractivity contribution < 1.29 is 19.1 Å². The molecule has 0 atom stereocenters. The Morgan fingerprint density at radius 1 is 1.19 bits per heavy atom. The number of carbonyl (C=O) groups is 2. The van der Waals surface area contributed by atoms with Crippen molar-refractivity contribution in [3.63, 3.8) is 0 Å². The Morgan fingerprint density at radius 3 is 2.70 bits per heavy atom. The Hall–Kier alpha value is -2.79. The zero-order valence-corrected chi connectivity index (χ0v) is 15.7. The molecule has 1 amide bonds. The van der Waals surface area contributed by atoms with Crippen LogP contribution in [0.5, 0.6) is 5.75 Å². The van der Waals surface area contributed by atoms with Crippen LogP contribution < -0.4 is 4.74 Å². The third kappa shape index (κ3) is 4.89. The van der Waals surface area contributed by atoms with Crippen LogP contribution >= 0.6 is 11.6 Å². The van der Waals surface area contributed by atoms with Crippen LogP contribution in [0.15, 0.2) is 54.1 Å². The number of carbonyl (C=O) groups excluding carboxylic acids is 2. The summed E-state index contributed by atoms with van der Waals surface area (Å²) in [6, 6.07) is 14.9. The average Bonchev–Trinajstić information content (AvgIpc) is 2.70. The highest BCUT2D eigenvalue weighted by Crippen LogP contribution is 2.29. The van der Waals surface area contributed by atoms with Crippen LogP contribution in [-0.4, -0.2) is 36.5 Å². The number of hydrogen-bond acceptors (Lipinski definition) is 4. The predicted molar refractivity (Wildman–Crippen MR) is 103 cm³/mol. The third-order valence-electron chi connectivity index (χ3n) is 4.22. The van der Waals surface area contributed by atoms with Crippen LogP contribution in [0.3, 0.4) is 0 Å². The molecule has 2 aromatic rings. The highest BCUT2D eigenvalue weighted by Gasteiger charge is 2.21. The molecule has 0 unspecified atom stereocenters. The van der Waals surface area contributed by atoms with Crippen molar-refractivity contribution in [2.24, 2.45) is 0 Å². The summed E-state index contributed by atoms with van der Waals surface area (Å²) in [7, 11) is 0. The fourth-order valence-corrected chi connectivity index (χ4v) is 2.94. The molecule has 1 aliphatic heterocycles. The number of amides is 1. The Bertz CT molecular complexity index is 864. The van der Waals surface area contributed by atoms with Crippen molar-refractivity contribution in [1.82, 2.24) is 4.90 Å². The van der Waals surface area contributed by atoms with E-state index in [0.717, 1.165) is 5.56 Å². The topological polar surface area (TPSA) is 55.8 Å². The van der Waals surface area contributed by atoms with Gasteiger partial charge < -0.3 is 14.4 Å². The van der Waals surface area contributed by atoms with Crippen LogP contribution in [0.1, 0.15) is 18.1 Å². The smallest absolute Gasteiger partial charge is 0.338 e. The highest BCUT2D eigenvalue weighted by atomic mass is 35.5. The van der Waals surface area contributed by atoms with Crippen molar-refractivity contribution in [2.45, 2.75) is 13.5 Å². The monoisotopic (exact) mass is 385 g/mol. The van der Waals surface area contributed by atoms with Gasteiger partial charge in [0.2, 0.25) is 0 Å². The fourth-order valence-electron chi connectivity index (χ4n) is 2.76. The van der Waals surface area contributed by atoms with Gasteiger partial charge in [0.1, 0.15) is 12.4 Å². The summed E-state index contributed by atoms with van der Waals surface area (Å²) >= 11 is 5.97. The molecule has 0 saturated heterocycles. The molecule has 0 radical (unpaired) electrons. The molecule has 0 fully saturated rings. The number of ether oxygens (including phenoxy) is 2. The number of esters is 1. The molecule has 1 heterocycles. The summed E-state index contributed by atoms with van der Waals surface area (Å²) in [5, 5.41) is 0.554. The second-order valence-electron chi connectivity index (χ2n) is 6.11. The van der Waals surface area contributed by atoms with Crippen LogP contribution in [0, 0.1) is 0 Å². The van der Waals surface area contributed by atoms with Crippen molar-refractivity contribution in [1.29, 1.82) is 0 Å². The quantitative estimate of drug-likeness (QED) is 0.711. The van der Waals surface area contributed by atoms with Gasteiger partial charge in [-0.2, -0.15) is 0 Å². The summed E-state index contributed by atoms with van der Waals surface area (Å²) in [5.74, 6) is -0.146. The van der Waals surface area contributed by atoms with Gasteiger partial charge in [-0.3, -0.25) is 4.79 Å². The molecule has 0 aromatic heterocycles. The second kappa shape index (κ2) is 8.73. The minimum absolute atomic E-state index is 0.100. The van der Waals surface area contributed by atoms with Gasteiger partial charge in [0.15, 0.2) is 6.61 Å². The van der Waals surface area contributed by atoms with Crippen LogP contribution in [0.2, 0.25) is 5.02 Å². The van der Waals surface area contributed by atoms with Crippen molar-refractivity contribution in [2.75, 3.05) is 19.8 Å². The van der Waals surface area contributed by atoms with Gasteiger partial charge in [-0.15, -0.1) is 0 Å². The number of likely N-dealkylation sites (N-methyl/N-ethyl adjacent to an activating group) is 1. The molecule has 3 rings (SSSR count). The zero-order chi connectivity index (χ0) is 19.2. The number of halogens is 1. The number of nitrogens with zero attached hydrogens (tertiary/aromatic N) is 1. The molecule has 0 saturated carbocycles. The Morgan fingerprint density at radius 2 is 1.96 bits per heavy atom. The summed E-state index contributed by atoms with van der Waals surface area (Å²) in [6.07, 6.45) is 1.68. The van der Waals surface area contributed by atoms with Gasteiger partial charge in [-0.05, 0) is 36.8 Å². The minimum Gasteiger partial charge on any atom is -0.488 e. The molecule has 140 valence electrons. The number of hydrogen-bond donors (Lipinski definition) is 0. The second-order valence-corrected chi connectivity index (χ2v) is 6.55. The highest BCUT2D eigenvalue weighted by molar-refractivity contribution is 6.30.